The van der Waals surface area contributed by atoms with Crippen molar-refractivity contribution in [1.82, 2.24) is 5.32 Å². The van der Waals surface area contributed by atoms with Crippen LogP contribution in [0.4, 0.5) is 0 Å². The van der Waals surface area contributed by atoms with E-state index >= 15 is 0 Å². The van der Waals surface area contributed by atoms with Gasteiger partial charge in [0.1, 0.15) is 11.5 Å². The maximum Gasteiger partial charge on any atom is 0.127 e. The minimum atomic E-state index is 0.782. The smallest absolute Gasteiger partial charge is 0.127 e. The topological polar surface area (TPSA) is 21.3 Å². The first-order valence-electron chi connectivity index (χ1n) is 7.43. The van der Waals surface area contributed by atoms with Crippen LogP contribution in [0.3, 0.4) is 0 Å². The van der Waals surface area contributed by atoms with Crippen LogP contribution >= 0.6 is 0 Å². The zero-order valence-electron chi connectivity index (χ0n) is 11.7. The van der Waals surface area contributed by atoms with Crippen molar-refractivity contribution in [2.45, 2.75) is 19.3 Å². The van der Waals surface area contributed by atoms with Gasteiger partial charge >= 0.3 is 0 Å². The van der Waals surface area contributed by atoms with Gasteiger partial charge in [-0.1, -0.05) is 30.3 Å². The van der Waals surface area contributed by atoms with Gasteiger partial charge in [-0.25, -0.2) is 0 Å². The molecule has 0 radical (unpaired) electrons. The predicted molar refractivity (Wildman–Crippen MR) is 82.3 cm³/mol. The highest BCUT2D eigenvalue weighted by atomic mass is 16.5. The fraction of sp³-hybridized carbons (Fsp3) is 0.333. The van der Waals surface area contributed by atoms with Crippen LogP contribution in [0.2, 0.25) is 0 Å². The predicted octanol–water partition coefficient (Wildman–Crippen LogP) is 4.02. The van der Waals surface area contributed by atoms with Crippen molar-refractivity contribution in [3.63, 3.8) is 0 Å². The minimum Gasteiger partial charge on any atom is -0.457 e. The van der Waals surface area contributed by atoms with Gasteiger partial charge in [0.15, 0.2) is 0 Å². The van der Waals surface area contributed by atoms with Crippen molar-refractivity contribution in [3.8, 4) is 11.5 Å². The van der Waals surface area contributed by atoms with Crippen molar-refractivity contribution in [2.75, 3.05) is 13.1 Å². The third-order valence-corrected chi connectivity index (χ3v) is 3.83. The third kappa shape index (κ3) is 3.61. The molecule has 2 aromatic carbocycles. The molecule has 1 atom stereocenters. The van der Waals surface area contributed by atoms with Gasteiger partial charge in [0, 0.05) is 0 Å². The lowest BCUT2D eigenvalue weighted by Gasteiger charge is -2.22. The Balaban J connectivity index is 1.59. The van der Waals surface area contributed by atoms with Gasteiger partial charge in [0.05, 0.1) is 0 Å². The van der Waals surface area contributed by atoms with Gasteiger partial charge in [-0.2, -0.15) is 0 Å². The molecule has 1 aliphatic heterocycles. The van der Waals surface area contributed by atoms with Gasteiger partial charge in [-0.3, -0.25) is 0 Å². The maximum atomic E-state index is 5.81. The van der Waals surface area contributed by atoms with Crippen molar-refractivity contribution >= 4 is 0 Å². The van der Waals surface area contributed by atoms with Crippen LogP contribution in [-0.2, 0) is 6.42 Å². The van der Waals surface area contributed by atoms with Gasteiger partial charge in [-0.15, -0.1) is 0 Å². The summed E-state index contributed by atoms with van der Waals surface area (Å²) in [6.07, 6.45) is 3.81. The van der Waals surface area contributed by atoms with E-state index in [1.807, 2.05) is 30.3 Å². The maximum absolute atomic E-state index is 5.81. The quantitative estimate of drug-likeness (QED) is 0.903. The first-order valence-corrected chi connectivity index (χ1v) is 7.43. The van der Waals surface area contributed by atoms with E-state index < -0.39 is 0 Å². The molecule has 0 saturated carbocycles. The summed E-state index contributed by atoms with van der Waals surface area (Å²) in [6, 6.07) is 18.4. The van der Waals surface area contributed by atoms with E-state index in [0.717, 1.165) is 24.0 Å². The summed E-state index contributed by atoms with van der Waals surface area (Å²) >= 11 is 0. The van der Waals surface area contributed by atoms with Gasteiger partial charge in [0.2, 0.25) is 0 Å². The number of benzene rings is 2. The summed E-state index contributed by atoms with van der Waals surface area (Å²) in [7, 11) is 0. The summed E-state index contributed by atoms with van der Waals surface area (Å²) in [4.78, 5) is 0. The number of ether oxygens (including phenoxy) is 1. The number of hydrogen-bond acceptors (Lipinski definition) is 2. The number of hydrogen-bond donors (Lipinski definition) is 1. The second-order valence-corrected chi connectivity index (χ2v) is 5.48. The molecule has 20 heavy (non-hydrogen) atoms. The molecule has 104 valence electrons. The standard InChI is InChI=1S/C18H21NO/c1-2-6-17(7-3-1)20-18-10-8-15(9-11-18)13-16-5-4-12-19-14-16/h1-3,6-11,16,19H,4-5,12-14H2. The number of nitrogens with one attached hydrogen (secondary N) is 1. The van der Waals surface area contributed by atoms with Crippen LogP contribution in [-0.4, -0.2) is 13.1 Å². The highest BCUT2D eigenvalue weighted by Gasteiger charge is 2.13. The Bertz CT molecular complexity index is 515. The van der Waals surface area contributed by atoms with Gasteiger partial charge in [0.25, 0.3) is 0 Å². The van der Waals surface area contributed by atoms with E-state index in [4.69, 9.17) is 4.74 Å². The molecule has 2 heteroatoms. The first-order chi connectivity index (χ1) is 9.90. The Morgan fingerprint density at radius 2 is 1.70 bits per heavy atom. The van der Waals surface area contributed by atoms with Gasteiger partial charge < -0.3 is 10.1 Å². The van der Waals surface area contributed by atoms with E-state index in [0.29, 0.717) is 0 Å². The number of rotatable bonds is 4. The molecule has 0 amide bonds. The Labute approximate surface area is 120 Å². The zero-order chi connectivity index (χ0) is 13.6. The van der Waals surface area contributed by atoms with E-state index in [-0.39, 0.29) is 0 Å². The molecule has 2 nitrogen and oxygen atoms in total. The van der Waals surface area contributed by atoms with Crippen LogP contribution in [0.25, 0.3) is 0 Å². The summed E-state index contributed by atoms with van der Waals surface area (Å²) < 4.78 is 5.81. The average molecular weight is 267 g/mol. The minimum absolute atomic E-state index is 0.782. The molecule has 1 saturated heterocycles. The van der Waals surface area contributed by atoms with Crippen molar-refractivity contribution < 1.29 is 4.74 Å². The highest BCUT2D eigenvalue weighted by Crippen LogP contribution is 2.23. The fourth-order valence-corrected chi connectivity index (χ4v) is 2.75. The van der Waals surface area contributed by atoms with E-state index in [2.05, 4.69) is 29.6 Å². The number of para-hydroxylation sites is 1. The molecule has 1 heterocycles. The summed E-state index contributed by atoms with van der Waals surface area (Å²) in [5, 5.41) is 3.47. The third-order valence-electron chi connectivity index (χ3n) is 3.83. The number of piperidine rings is 1. The van der Waals surface area contributed by atoms with E-state index in [1.165, 1.54) is 31.4 Å². The highest BCUT2D eigenvalue weighted by molar-refractivity contribution is 5.33. The lowest BCUT2D eigenvalue weighted by molar-refractivity contribution is 0.376. The first kappa shape index (κ1) is 13.2. The van der Waals surface area contributed by atoms with Crippen LogP contribution < -0.4 is 10.1 Å². The van der Waals surface area contributed by atoms with Crippen molar-refractivity contribution in [3.05, 3.63) is 60.2 Å². The molecule has 0 aliphatic carbocycles. The Morgan fingerprint density at radius 1 is 0.950 bits per heavy atom. The molecule has 1 fully saturated rings. The summed E-state index contributed by atoms with van der Waals surface area (Å²) in [5.74, 6) is 2.57. The zero-order valence-corrected chi connectivity index (χ0v) is 11.7. The van der Waals surface area contributed by atoms with Crippen molar-refractivity contribution in [2.24, 2.45) is 5.92 Å². The monoisotopic (exact) mass is 267 g/mol. The van der Waals surface area contributed by atoms with Crippen LogP contribution in [0.1, 0.15) is 18.4 Å². The van der Waals surface area contributed by atoms with Crippen molar-refractivity contribution in [1.29, 1.82) is 0 Å². The molecule has 0 bridgehead atoms. The van der Waals surface area contributed by atoms with Gasteiger partial charge in [-0.05, 0) is 68.1 Å². The SMILES string of the molecule is c1ccc(Oc2ccc(CC3CCCNC3)cc2)cc1. The van der Waals surface area contributed by atoms with E-state index in [9.17, 15) is 0 Å². The van der Waals surface area contributed by atoms with Crippen LogP contribution in [0.5, 0.6) is 11.5 Å². The lowest BCUT2D eigenvalue weighted by atomic mass is 9.92. The molecular formula is C18H21NO. The molecular weight excluding hydrogens is 246 g/mol. The molecule has 0 spiro atoms. The lowest BCUT2D eigenvalue weighted by Crippen LogP contribution is -2.30. The van der Waals surface area contributed by atoms with E-state index in [1.54, 1.807) is 0 Å². The summed E-state index contributed by atoms with van der Waals surface area (Å²) in [5.41, 5.74) is 1.40. The molecule has 1 N–H and O–H groups in total. The normalized spacial score (nSPS) is 18.7. The fourth-order valence-electron chi connectivity index (χ4n) is 2.75. The second-order valence-electron chi connectivity index (χ2n) is 5.48. The largest absolute Gasteiger partial charge is 0.457 e. The second kappa shape index (κ2) is 6.58. The molecule has 1 unspecified atom stereocenters. The molecule has 1 aliphatic rings. The molecule has 2 aromatic rings. The molecule has 0 aromatic heterocycles. The Morgan fingerprint density at radius 3 is 2.40 bits per heavy atom. The Kier molecular flexibility index (Phi) is 4.34. The van der Waals surface area contributed by atoms with Crippen LogP contribution in [0.15, 0.2) is 54.6 Å². The summed E-state index contributed by atoms with van der Waals surface area (Å²) in [6.45, 7) is 2.34. The molecule has 3 rings (SSSR count). The van der Waals surface area contributed by atoms with Crippen LogP contribution in [0, 0.1) is 5.92 Å². The average Bonchev–Trinajstić information content (AvgIpc) is 2.51. The Hall–Kier alpha value is -1.80.